The molecule has 1 N–H and O–H groups in total. The summed E-state index contributed by atoms with van der Waals surface area (Å²) in [5.41, 5.74) is 4.36. The first-order valence-corrected chi connectivity index (χ1v) is 9.15. The largest absolute Gasteiger partial charge is 0.481 e. The van der Waals surface area contributed by atoms with Crippen LogP contribution in [-0.2, 0) is 17.6 Å². The molecule has 0 fully saturated rings. The van der Waals surface area contributed by atoms with E-state index in [1.807, 2.05) is 30.3 Å². The number of anilines is 1. The second-order valence-electron chi connectivity index (χ2n) is 6.60. The van der Waals surface area contributed by atoms with Crippen LogP contribution in [0.15, 0.2) is 42.5 Å². The number of carbonyl (C=O) groups is 1. The molecule has 0 saturated carbocycles. The van der Waals surface area contributed by atoms with Gasteiger partial charge in [0.25, 0.3) is 5.91 Å². The van der Waals surface area contributed by atoms with Gasteiger partial charge in [0.1, 0.15) is 5.75 Å². The minimum atomic E-state index is -0.561. The fraction of sp³-hybridized carbons (Fsp3) is 0.409. The van der Waals surface area contributed by atoms with Crippen molar-refractivity contribution >= 4 is 11.6 Å². The molecule has 0 aliphatic heterocycles. The highest BCUT2D eigenvalue weighted by atomic mass is 16.5. The van der Waals surface area contributed by atoms with Gasteiger partial charge in [-0.3, -0.25) is 4.79 Å². The molecule has 1 amide bonds. The topological polar surface area (TPSA) is 38.3 Å². The Balaban J connectivity index is 2.17. The van der Waals surface area contributed by atoms with Gasteiger partial charge in [0, 0.05) is 5.69 Å². The molecule has 2 rings (SSSR count). The van der Waals surface area contributed by atoms with Crippen LogP contribution in [0.3, 0.4) is 0 Å². The minimum absolute atomic E-state index is 0.117. The molecule has 0 aromatic heterocycles. The maximum atomic E-state index is 12.7. The quantitative estimate of drug-likeness (QED) is 0.739. The predicted octanol–water partition coefficient (Wildman–Crippen LogP) is 5.34. The van der Waals surface area contributed by atoms with Crippen molar-refractivity contribution in [2.45, 2.75) is 59.5 Å². The highest BCUT2D eigenvalue weighted by Crippen LogP contribution is 2.27. The van der Waals surface area contributed by atoms with E-state index in [0.29, 0.717) is 5.92 Å². The Bertz CT molecular complexity index is 699. The van der Waals surface area contributed by atoms with Gasteiger partial charge >= 0.3 is 0 Å². The van der Waals surface area contributed by atoms with Crippen LogP contribution in [0.5, 0.6) is 5.75 Å². The third kappa shape index (κ3) is 4.62. The predicted molar refractivity (Wildman–Crippen MR) is 104 cm³/mol. The Hall–Kier alpha value is -2.29. The van der Waals surface area contributed by atoms with Crippen molar-refractivity contribution in [2.75, 3.05) is 5.32 Å². The van der Waals surface area contributed by atoms with Gasteiger partial charge in [0.05, 0.1) is 0 Å². The Kier molecular flexibility index (Phi) is 6.63. The summed E-state index contributed by atoms with van der Waals surface area (Å²) >= 11 is 0. The van der Waals surface area contributed by atoms with Crippen LogP contribution in [0, 0.1) is 0 Å². The summed E-state index contributed by atoms with van der Waals surface area (Å²) in [5, 5.41) is 3.09. The second kappa shape index (κ2) is 8.70. The summed E-state index contributed by atoms with van der Waals surface area (Å²) in [5.74, 6) is 1.01. The van der Waals surface area contributed by atoms with Gasteiger partial charge in [-0.2, -0.15) is 0 Å². The number of hydrogen-bond donors (Lipinski definition) is 1. The molecule has 2 aromatic rings. The molecule has 0 aliphatic rings. The summed E-state index contributed by atoms with van der Waals surface area (Å²) in [7, 11) is 0. The lowest BCUT2D eigenvalue weighted by molar-refractivity contribution is -0.122. The van der Waals surface area contributed by atoms with Gasteiger partial charge in [-0.05, 0) is 48.4 Å². The van der Waals surface area contributed by atoms with Crippen LogP contribution in [0.1, 0.15) is 57.2 Å². The highest BCUT2D eigenvalue weighted by molar-refractivity contribution is 5.95. The van der Waals surface area contributed by atoms with Crippen molar-refractivity contribution in [1.82, 2.24) is 0 Å². The summed E-state index contributed by atoms with van der Waals surface area (Å²) in [4.78, 5) is 12.7. The van der Waals surface area contributed by atoms with Gasteiger partial charge in [-0.1, -0.05) is 64.1 Å². The Labute approximate surface area is 151 Å². The molecule has 0 bridgehead atoms. The molecule has 3 heteroatoms. The molecule has 1 atom stereocenters. The van der Waals surface area contributed by atoms with Crippen molar-refractivity contribution in [1.29, 1.82) is 0 Å². The molecule has 0 radical (unpaired) electrons. The monoisotopic (exact) mass is 339 g/mol. The third-order valence-corrected chi connectivity index (χ3v) is 4.46. The maximum absolute atomic E-state index is 12.7. The first kappa shape index (κ1) is 19.0. The average molecular weight is 339 g/mol. The standard InChI is InChI=1S/C22H29NO2/c1-6-17-11-10-12-18(7-2)21(17)23-22(24)16(5)25-20-14-9-8-13-19(20)15(3)4/h8-16H,6-7H2,1-5H3,(H,23,24). The zero-order valence-corrected chi connectivity index (χ0v) is 15.9. The summed E-state index contributed by atoms with van der Waals surface area (Å²) in [6.45, 7) is 10.2. The van der Waals surface area contributed by atoms with Gasteiger partial charge < -0.3 is 10.1 Å². The molecule has 2 aromatic carbocycles. The van der Waals surface area contributed by atoms with Gasteiger partial charge in [-0.15, -0.1) is 0 Å². The maximum Gasteiger partial charge on any atom is 0.265 e. The van der Waals surface area contributed by atoms with E-state index in [9.17, 15) is 4.79 Å². The van der Waals surface area contributed by atoms with Crippen molar-refractivity contribution in [3.8, 4) is 5.75 Å². The van der Waals surface area contributed by atoms with E-state index < -0.39 is 6.10 Å². The SMILES string of the molecule is CCc1cccc(CC)c1NC(=O)C(C)Oc1ccccc1C(C)C. The van der Waals surface area contributed by atoms with E-state index in [-0.39, 0.29) is 5.91 Å². The molecule has 0 spiro atoms. The molecule has 0 aliphatic carbocycles. The molecule has 3 nitrogen and oxygen atoms in total. The molecule has 25 heavy (non-hydrogen) atoms. The Morgan fingerprint density at radius 1 is 0.960 bits per heavy atom. The van der Waals surface area contributed by atoms with Crippen LogP contribution in [0.2, 0.25) is 0 Å². The van der Waals surface area contributed by atoms with E-state index in [2.05, 4.69) is 45.1 Å². The van der Waals surface area contributed by atoms with E-state index in [4.69, 9.17) is 4.74 Å². The number of nitrogens with one attached hydrogen (secondary N) is 1. The molecule has 1 unspecified atom stereocenters. The van der Waals surface area contributed by atoms with Crippen LogP contribution in [0.4, 0.5) is 5.69 Å². The van der Waals surface area contributed by atoms with Crippen LogP contribution >= 0.6 is 0 Å². The normalized spacial score (nSPS) is 12.1. The minimum Gasteiger partial charge on any atom is -0.481 e. The van der Waals surface area contributed by atoms with Crippen molar-refractivity contribution in [2.24, 2.45) is 0 Å². The zero-order valence-electron chi connectivity index (χ0n) is 15.9. The van der Waals surface area contributed by atoms with Crippen molar-refractivity contribution < 1.29 is 9.53 Å². The second-order valence-corrected chi connectivity index (χ2v) is 6.60. The Morgan fingerprint density at radius 2 is 1.56 bits per heavy atom. The van der Waals surface area contributed by atoms with Crippen LogP contribution in [-0.4, -0.2) is 12.0 Å². The number of para-hydroxylation sites is 2. The lowest BCUT2D eigenvalue weighted by atomic mass is 10.0. The Morgan fingerprint density at radius 3 is 2.12 bits per heavy atom. The number of aryl methyl sites for hydroxylation is 2. The van der Waals surface area contributed by atoms with E-state index >= 15 is 0 Å². The molecule has 0 saturated heterocycles. The van der Waals surface area contributed by atoms with Gasteiger partial charge in [-0.25, -0.2) is 0 Å². The fourth-order valence-corrected chi connectivity index (χ4v) is 2.94. The summed E-state index contributed by atoms with van der Waals surface area (Å²) in [6.07, 6.45) is 1.21. The van der Waals surface area contributed by atoms with E-state index in [1.165, 1.54) is 0 Å². The molecular formula is C22H29NO2. The van der Waals surface area contributed by atoms with E-state index in [0.717, 1.165) is 41.0 Å². The molecular weight excluding hydrogens is 310 g/mol. The molecule has 134 valence electrons. The van der Waals surface area contributed by atoms with E-state index in [1.54, 1.807) is 6.92 Å². The zero-order chi connectivity index (χ0) is 18.4. The molecule has 0 heterocycles. The number of carbonyl (C=O) groups excluding carboxylic acids is 1. The van der Waals surface area contributed by atoms with Gasteiger partial charge in [0.2, 0.25) is 0 Å². The van der Waals surface area contributed by atoms with Gasteiger partial charge in [0.15, 0.2) is 6.10 Å². The van der Waals surface area contributed by atoms with Crippen LogP contribution in [0.25, 0.3) is 0 Å². The summed E-state index contributed by atoms with van der Waals surface area (Å²) in [6, 6.07) is 14.1. The average Bonchev–Trinajstić information content (AvgIpc) is 2.61. The lowest BCUT2D eigenvalue weighted by Crippen LogP contribution is -2.31. The summed E-state index contributed by atoms with van der Waals surface area (Å²) < 4.78 is 5.98. The number of rotatable bonds is 7. The third-order valence-electron chi connectivity index (χ3n) is 4.46. The number of hydrogen-bond acceptors (Lipinski definition) is 2. The number of benzene rings is 2. The fourth-order valence-electron chi connectivity index (χ4n) is 2.94. The van der Waals surface area contributed by atoms with Crippen molar-refractivity contribution in [3.05, 3.63) is 59.2 Å². The first-order chi connectivity index (χ1) is 12.0. The number of ether oxygens (including phenoxy) is 1. The first-order valence-electron chi connectivity index (χ1n) is 9.15. The lowest BCUT2D eigenvalue weighted by Gasteiger charge is -2.20. The van der Waals surface area contributed by atoms with Crippen molar-refractivity contribution in [3.63, 3.8) is 0 Å². The smallest absolute Gasteiger partial charge is 0.265 e. The highest BCUT2D eigenvalue weighted by Gasteiger charge is 2.19. The number of amides is 1. The van der Waals surface area contributed by atoms with Crippen LogP contribution < -0.4 is 10.1 Å².